The number of piperidine rings is 1. The number of amides is 1. The van der Waals surface area contributed by atoms with Gasteiger partial charge in [0.25, 0.3) is 0 Å². The van der Waals surface area contributed by atoms with Crippen molar-refractivity contribution < 1.29 is 9.90 Å². The second-order valence-corrected chi connectivity index (χ2v) is 4.37. The van der Waals surface area contributed by atoms with Crippen molar-refractivity contribution >= 4 is 5.91 Å². The average molecular weight is 198 g/mol. The zero-order valence-corrected chi connectivity index (χ0v) is 8.33. The monoisotopic (exact) mass is 198 g/mol. The largest absolute Gasteiger partial charge is 0.393 e. The topological polar surface area (TPSA) is 61.4 Å². The molecule has 0 spiro atoms. The standard InChI is InChI=1S/C10H18N2O2/c13-9-4-8(5-9)12-10(14)7-2-1-3-11-6-7/h7-9,11,13H,1-6H2,(H,12,14)/t7-,8?,9?/m0/s1. The van der Waals surface area contributed by atoms with E-state index < -0.39 is 0 Å². The summed E-state index contributed by atoms with van der Waals surface area (Å²) in [5.41, 5.74) is 0. The molecule has 4 nitrogen and oxygen atoms in total. The Bertz CT molecular complexity index is 208. The fraction of sp³-hybridized carbons (Fsp3) is 0.900. The van der Waals surface area contributed by atoms with Gasteiger partial charge in [0.05, 0.1) is 12.0 Å². The lowest BCUT2D eigenvalue weighted by atomic mass is 9.88. The van der Waals surface area contributed by atoms with E-state index in [1.54, 1.807) is 0 Å². The van der Waals surface area contributed by atoms with Crippen molar-refractivity contribution in [2.45, 2.75) is 37.8 Å². The molecule has 1 atom stereocenters. The Morgan fingerprint density at radius 3 is 2.79 bits per heavy atom. The summed E-state index contributed by atoms with van der Waals surface area (Å²) in [5, 5.41) is 15.3. The summed E-state index contributed by atoms with van der Waals surface area (Å²) in [6.45, 7) is 1.84. The van der Waals surface area contributed by atoms with Gasteiger partial charge in [-0.3, -0.25) is 4.79 Å². The molecular weight excluding hydrogens is 180 g/mol. The van der Waals surface area contributed by atoms with Crippen LogP contribution in [0, 0.1) is 5.92 Å². The third-order valence-corrected chi connectivity index (χ3v) is 3.13. The highest BCUT2D eigenvalue weighted by Gasteiger charge is 2.30. The minimum Gasteiger partial charge on any atom is -0.393 e. The molecule has 0 unspecified atom stereocenters. The van der Waals surface area contributed by atoms with Gasteiger partial charge in [-0.05, 0) is 32.2 Å². The summed E-state index contributed by atoms with van der Waals surface area (Å²) in [7, 11) is 0. The van der Waals surface area contributed by atoms with Gasteiger partial charge in [0.2, 0.25) is 5.91 Å². The molecule has 0 aromatic heterocycles. The van der Waals surface area contributed by atoms with Gasteiger partial charge in [-0.25, -0.2) is 0 Å². The van der Waals surface area contributed by atoms with Gasteiger partial charge >= 0.3 is 0 Å². The SMILES string of the molecule is O=C(NC1CC(O)C1)[C@H]1CCCNC1. The maximum atomic E-state index is 11.7. The molecule has 14 heavy (non-hydrogen) atoms. The predicted octanol–water partition coefficient (Wildman–Crippen LogP) is -0.375. The fourth-order valence-corrected chi connectivity index (χ4v) is 2.10. The van der Waals surface area contributed by atoms with Crippen LogP contribution in [0.15, 0.2) is 0 Å². The highest BCUT2D eigenvalue weighted by Crippen LogP contribution is 2.20. The Balaban J connectivity index is 1.71. The molecule has 2 fully saturated rings. The molecule has 0 aromatic rings. The Kier molecular flexibility index (Phi) is 3.03. The highest BCUT2D eigenvalue weighted by molar-refractivity contribution is 5.79. The van der Waals surface area contributed by atoms with E-state index >= 15 is 0 Å². The quantitative estimate of drug-likeness (QED) is 0.567. The molecule has 0 aromatic carbocycles. The van der Waals surface area contributed by atoms with Gasteiger partial charge in [-0.1, -0.05) is 0 Å². The van der Waals surface area contributed by atoms with Gasteiger partial charge in [0.15, 0.2) is 0 Å². The zero-order valence-electron chi connectivity index (χ0n) is 8.33. The number of aliphatic hydroxyl groups excluding tert-OH is 1. The van der Waals surface area contributed by atoms with Crippen LogP contribution in [0.2, 0.25) is 0 Å². The van der Waals surface area contributed by atoms with Crippen molar-refractivity contribution in [1.82, 2.24) is 10.6 Å². The number of nitrogens with one attached hydrogen (secondary N) is 2. The molecule has 1 aliphatic heterocycles. The number of hydrogen-bond donors (Lipinski definition) is 3. The lowest BCUT2D eigenvalue weighted by Crippen LogP contribution is -2.50. The molecule has 2 rings (SSSR count). The van der Waals surface area contributed by atoms with Crippen LogP contribution < -0.4 is 10.6 Å². The number of carbonyl (C=O) groups is 1. The van der Waals surface area contributed by atoms with Crippen molar-refractivity contribution in [3.8, 4) is 0 Å². The first kappa shape index (κ1) is 9.93. The summed E-state index contributed by atoms with van der Waals surface area (Å²) in [6.07, 6.45) is 3.35. The van der Waals surface area contributed by atoms with Crippen molar-refractivity contribution in [2.75, 3.05) is 13.1 Å². The van der Waals surface area contributed by atoms with Crippen LogP contribution in [0.1, 0.15) is 25.7 Å². The van der Waals surface area contributed by atoms with E-state index in [-0.39, 0.29) is 24.0 Å². The molecule has 3 N–H and O–H groups in total. The fourth-order valence-electron chi connectivity index (χ4n) is 2.10. The van der Waals surface area contributed by atoms with Crippen LogP contribution in [0.5, 0.6) is 0 Å². The smallest absolute Gasteiger partial charge is 0.224 e. The minimum absolute atomic E-state index is 0.140. The van der Waals surface area contributed by atoms with Crippen LogP contribution >= 0.6 is 0 Å². The average Bonchev–Trinajstić information content (AvgIpc) is 2.17. The first-order valence-corrected chi connectivity index (χ1v) is 5.45. The van der Waals surface area contributed by atoms with Crippen molar-refractivity contribution in [2.24, 2.45) is 5.92 Å². The molecule has 4 heteroatoms. The molecular formula is C10H18N2O2. The molecule has 1 saturated carbocycles. The third-order valence-electron chi connectivity index (χ3n) is 3.13. The maximum absolute atomic E-state index is 11.7. The van der Waals surface area contributed by atoms with Crippen molar-refractivity contribution in [3.63, 3.8) is 0 Å². The second kappa shape index (κ2) is 4.28. The predicted molar refractivity (Wildman–Crippen MR) is 52.8 cm³/mol. The van der Waals surface area contributed by atoms with E-state index in [0.717, 1.165) is 38.8 Å². The molecule has 1 aliphatic carbocycles. The lowest BCUT2D eigenvalue weighted by Gasteiger charge is -2.33. The normalized spacial score (nSPS) is 37.4. The molecule has 2 aliphatic rings. The molecule has 1 saturated heterocycles. The molecule has 80 valence electrons. The van der Waals surface area contributed by atoms with Crippen LogP contribution in [-0.4, -0.2) is 36.2 Å². The second-order valence-electron chi connectivity index (χ2n) is 4.37. The third kappa shape index (κ3) is 2.25. The van der Waals surface area contributed by atoms with Crippen LogP contribution in [0.4, 0.5) is 0 Å². The number of carbonyl (C=O) groups excluding carboxylic acids is 1. The van der Waals surface area contributed by atoms with Crippen LogP contribution in [0.3, 0.4) is 0 Å². The van der Waals surface area contributed by atoms with E-state index in [4.69, 9.17) is 5.11 Å². The Hall–Kier alpha value is -0.610. The van der Waals surface area contributed by atoms with Gasteiger partial charge in [-0.2, -0.15) is 0 Å². The summed E-state index contributed by atoms with van der Waals surface area (Å²) in [6, 6.07) is 0.222. The number of rotatable bonds is 2. The van der Waals surface area contributed by atoms with Gasteiger partial charge < -0.3 is 15.7 Å². The summed E-state index contributed by atoms with van der Waals surface area (Å²) < 4.78 is 0. The Labute approximate surface area is 84.1 Å². The Morgan fingerprint density at radius 1 is 1.43 bits per heavy atom. The first-order valence-electron chi connectivity index (χ1n) is 5.45. The van der Waals surface area contributed by atoms with E-state index in [9.17, 15) is 4.79 Å². The zero-order chi connectivity index (χ0) is 9.97. The van der Waals surface area contributed by atoms with Gasteiger partial charge in [0.1, 0.15) is 0 Å². The van der Waals surface area contributed by atoms with Crippen LogP contribution in [-0.2, 0) is 4.79 Å². The van der Waals surface area contributed by atoms with Crippen LogP contribution in [0.25, 0.3) is 0 Å². The number of hydrogen-bond acceptors (Lipinski definition) is 3. The van der Waals surface area contributed by atoms with Gasteiger partial charge in [-0.15, -0.1) is 0 Å². The maximum Gasteiger partial charge on any atom is 0.224 e. The highest BCUT2D eigenvalue weighted by atomic mass is 16.3. The van der Waals surface area contributed by atoms with Crippen molar-refractivity contribution in [3.05, 3.63) is 0 Å². The van der Waals surface area contributed by atoms with Crippen molar-refractivity contribution in [1.29, 1.82) is 0 Å². The summed E-state index contributed by atoms with van der Waals surface area (Å²) in [5.74, 6) is 0.301. The lowest BCUT2D eigenvalue weighted by molar-refractivity contribution is -0.127. The molecule has 1 amide bonds. The molecule has 0 bridgehead atoms. The van der Waals surface area contributed by atoms with Gasteiger partial charge in [0, 0.05) is 12.6 Å². The van der Waals surface area contributed by atoms with E-state index in [1.165, 1.54) is 0 Å². The summed E-state index contributed by atoms with van der Waals surface area (Å²) >= 11 is 0. The number of aliphatic hydroxyl groups is 1. The van der Waals surface area contributed by atoms with E-state index in [1.807, 2.05) is 0 Å². The minimum atomic E-state index is -0.190. The molecule has 0 radical (unpaired) electrons. The summed E-state index contributed by atoms with van der Waals surface area (Å²) in [4.78, 5) is 11.7. The van der Waals surface area contributed by atoms with E-state index in [0.29, 0.717) is 0 Å². The first-order chi connectivity index (χ1) is 6.75. The van der Waals surface area contributed by atoms with E-state index in [2.05, 4.69) is 10.6 Å². The molecule has 1 heterocycles. The Morgan fingerprint density at radius 2 is 2.21 bits per heavy atom.